The number of likely N-dealkylation sites (tertiary alicyclic amines) is 1. The molecule has 0 radical (unpaired) electrons. The number of rotatable bonds is 5. The molecule has 3 nitrogen and oxygen atoms in total. The van der Waals surface area contributed by atoms with Gasteiger partial charge in [0.1, 0.15) is 0 Å². The molecule has 2 unspecified atom stereocenters. The summed E-state index contributed by atoms with van der Waals surface area (Å²) >= 11 is 0. The molecule has 2 saturated heterocycles. The first-order chi connectivity index (χ1) is 7.88. The zero-order valence-electron chi connectivity index (χ0n) is 10.7. The Kier molecular flexibility index (Phi) is 5.07. The largest absolute Gasteiger partial charge is 0.316 e. The highest BCUT2D eigenvalue weighted by molar-refractivity contribution is 4.77. The van der Waals surface area contributed by atoms with Crippen molar-refractivity contribution in [2.45, 2.75) is 26.2 Å². The molecule has 0 aliphatic carbocycles. The Hall–Kier alpha value is -0.120. The first kappa shape index (κ1) is 12.3. The van der Waals surface area contributed by atoms with Gasteiger partial charge in [-0.15, -0.1) is 0 Å². The molecule has 16 heavy (non-hydrogen) atoms. The van der Waals surface area contributed by atoms with Crippen molar-refractivity contribution in [1.29, 1.82) is 0 Å². The van der Waals surface area contributed by atoms with E-state index >= 15 is 0 Å². The summed E-state index contributed by atoms with van der Waals surface area (Å²) in [5, 5.41) is 7.16. The fourth-order valence-electron chi connectivity index (χ4n) is 2.96. The van der Waals surface area contributed by atoms with Gasteiger partial charge in [-0.1, -0.05) is 6.92 Å². The molecule has 2 heterocycles. The third-order valence-corrected chi connectivity index (χ3v) is 4.08. The Morgan fingerprint density at radius 2 is 2.12 bits per heavy atom. The van der Waals surface area contributed by atoms with Crippen LogP contribution in [0.15, 0.2) is 0 Å². The van der Waals surface area contributed by atoms with E-state index in [9.17, 15) is 0 Å². The number of piperidine rings is 1. The molecule has 0 aromatic rings. The van der Waals surface area contributed by atoms with Crippen LogP contribution in [0.5, 0.6) is 0 Å². The van der Waals surface area contributed by atoms with E-state index in [-0.39, 0.29) is 0 Å². The van der Waals surface area contributed by atoms with Crippen molar-refractivity contribution in [2.24, 2.45) is 11.8 Å². The number of nitrogens with zero attached hydrogens (tertiary/aromatic N) is 1. The molecule has 0 saturated carbocycles. The minimum atomic E-state index is 0.873. The van der Waals surface area contributed by atoms with Gasteiger partial charge in [0.15, 0.2) is 0 Å². The summed E-state index contributed by atoms with van der Waals surface area (Å²) < 4.78 is 0. The highest BCUT2D eigenvalue weighted by Crippen LogP contribution is 2.15. The minimum Gasteiger partial charge on any atom is -0.316 e. The third-order valence-electron chi connectivity index (χ3n) is 4.08. The van der Waals surface area contributed by atoms with E-state index in [0.717, 1.165) is 11.8 Å². The molecule has 2 aliphatic rings. The summed E-state index contributed by atoms with van der Waals surface area (Å²) in [7, 11) is 0. The average Bonchev–Trinajstić information content (AvgIpc) is 2.78. The summed E-state index contributed by atoms with van der Waals surface area (Å²) in [5.74, 6) is 1.77. The van der Waals surface area contributed by atoms with Crippen LogP contribution in [-0.2, 0) is 0 Å². The smallest absolute Gasteiger partial charge is 0.00222 e. The first-order valence-corrected chi connectivity index (χ1v) is 7.02. The van der Waals surface area contributed by atoms with Gasteiger partial charge in [0.2, 0.25) is 0 Å². The third kappa shape index (κ3) is 3.72. The van der Waals surface area contributed by atoms with Crippen LogP contribution in [0.1, 0.15) is 26.2 Å². The van der Waals surface area contributed by atoms with E-state index in [1.807, 2.05) is 0 Å². The summed E-state index contributed by atoms with van der Waals surface area (Å²) in [6.45, 7) is 11.0. The lowest BCUT2D eigenvalue weighted by Gasteiger charge is -2.23. The van der Waals surface area contributed by atoms with E-state index in [1.165, 1.54) is 65.1 Å². The molecule has 0 aromatic carbocycles. The second-order valence-corrected chi connectivity index (χ2v) is 5.42. The maximum Gasteiger partial charge on any atom is 0.00222 e. The van der Waals surface area contributed by atoms with Gasteiger partial charge in [-0.25, -0.2) is 0 Å². The maximum atomic E-state index is 3.68. The Bertz CT molecular complexity index is 190. The molecule has 2 atom stereocenters. The SMILES string of the molecule is CCN1CCC(CNCC2CCCNC2)C1. The molecular formula is C13H27N3. The summed E-state index contributed by atoms with van der Waals surface area (Å²) in [6.07, 6.45) is 4.16. The molecule has 2 aliphatic heterocycles. The van der Waals surface area contributed by atoms with Gasteiger partial charge in [0, 0.05) is 6.54 Å². The van der Waals surface area contributed by atoms with Crippen molar-refractivity contribution >= 4 is 0 Å². The van der Waals surface area contributed by atoms with Crippen LogP contribution >= 0.6 is 0 Å². The van der Waals surface area contributed by atoms with E-state index in [2.05, 4.69) is 22.5 Å². The van der Waals surface area contributed by atoms with Crippen molar-refractivity contribution in [3.05, 3.63) is 0 Å². The number of nitrogens with one attached hydrogen (secondary N) is 2. The Labute approximate surface area is 100.0 Å². The summed E-state index contributed by atoms with van der Waals surface area (Å²) in [6, 6.07) is 0. The molecule has 0 aromatic heterocycles. The molecule has 2 fully saturated rings. The van der Waals surface area contributed by atoms with Crippen LogP contribution in [0, 0.1) is 11.8 Å². The van der Waals surface area contributed by atoms with E-state index in [4.69, 9.17) is 0 Å². The zero-order valence-corrected chi connectivity index (χ0v) is 10.7. The average molecular weight is 225 g/mol. The molecule has 0 spiro atoms. The second-order valence-electron chi connectivity index (χ2n) is 5.42. The molecule has 94 valence electrons. The van der Waals surface area contributed by atoms with E-state index in [0.29, 0.717) is 0 Å². The normalized spacial score (nSPS) is 32.1. The van der Waals surface area contributed by atoms with Crippen LogP contribution < -0.4 is 10.6 Å². The molecule has 0 bridgehead atoms. The molecule has 2 rings (SSSR count). The van der Waals surface area contributed by atoms with Crippen LogP contribution in [0.25, 0.3) is 0 Å². The van der Waals surface area contributed by atoms with Gasteiger partial charge in [-0.3, -0.25) is 0 Å². The lowest BCUT2D eigenvalue weighted by atomic mass is 9.99. The van der Waals surface area contributed by atoms with Gasteiger partial charge in [-0.05, 0) is 70.4 Å². The van der Waals surface area contributed by atoms with Crippen LogP contribution in [0.3, 0.4) is 0 Å². The second kappa shape index (κ2) is 6.58. The van der Waals surface area contributed by atoms with Gasteiger partial charge >= 0.3 is 0 Å². The highest BCUT2D eigenvalue weighted by Gasteiger charge is 2.21. The topological polar surface area (TPSA) is 27.3 Å². The summed E-state index contributed by atoms with van der Waals surface area (Å²) in [5.41, 5.74) is 0. The molecule has 0 amide bonds. The zero-order chi connectivity index (χ0) is 11.2. The van der Waals surface area contributed by atoms with E-state index in [1.54, 1.807) is 0 Å². The van der Waals surface area contributed by atoms with Gasteiger partial charge in [0.05, 0.1) is 0 Å². The van der Waals surface area contributed by atoms with Crippen molar-refractivity contribution in [3.8, 4) is 0 Å². The Morgan fingerprint density at radius 1 is 1.25 bits per heavy atom. The van der Waals surface area contributed by atoms with E-state index < -0.39 is 0 Å². The quantitative estimate of drug-likeness (QED) is 0.728. The highest BCUT2D eigenvalue weighted by atomic mass is 15.1. The van der Waals surface area contributed by atoms with Crippen molar-refractivity contribution in [2.75, 3.05) is 45.8 Å². The lowest BCUT2D eigenvalue weighted by Crippen LogP contribution is -2.37. The predicted octanol–water partition coefficient (Wildman–Crippen LogP) is 0.917. The van der Waals surface area contributed by atoms with Crippen molar-refractivity contribution < 1.29 is 0 Å². The van der Waals surface area contributed by atoms with Crippen LogP contribution in [-0.4, -0.2) is 50.7 Å². The fourth-order valence-corrected chi connectivity index (χ4v) is 2.96. The van der Waals surface area contributed by atoms with Gasteiger partial charge in [-0.2, -0.15) is 0 Å². The lowest BCUT2D eigenvalue weighted by molar-refractivity contribution is 0.326. The minimum absolute atomic E-state index is 0.873. The fraction of sp³-hybridized carbons (Fsp3) is 1.00. The van der Waals surface area contributed by atoms with Crippen LogP contribution in [0.2, 0.25) is 0 Å². The van der Waals surface area contributed by atoms with Crippen LogP contribution in [0.4, 0.5) is 0 Å². The van der Waals surface area contributed by atoms with Crippen molar-refractivity contribution in [3.63, 3.8) is 0 Å². The van der Waals surface area contributed by atoms with Gasteiger partial charge in [0.25, 0.3) is 0 Å². The molecular weight excluding hydrogens is 198 g/mol. The standard InChI is InChI=1S/C13H27N3/c1-2-16-7-5-13(11-16)10-15-9-12-4-3-6-14-8-12/h12-15H,2-11H2,1H3. The Morgan fingerprint density at radius 3 is 2.81 bits per heavy atom. The first-order valence-electron chi connectivity index (χ1n) is 7.02. The predicted molar refractivity (Wildman–Crippen MR) is 68.7 cm³/mol. The monoisotopic (exact) mass is 225 g/mol. The van der Waals surface area contributed by atoms with Gasteiger partial charge < -0.3 is 15.5 Å². The molecule has 2 N–H and O–H groups in total. The maximum absolute atomic E-state index is 3.68. The Balaban J connectivity index is 1.54. The number of hydrogen-bond acceptors (Lipinski definition) is 3. The molecule has 3 heteroatoms. The number of hydrogen-bond donors (Lipinski definition) is 2. The van der Waals surface area contributed by atoms with Crippen molar-refractivity contribution in [1.82, 2.24) is 15.5 Å². The summed E-state index contributed by atoms with van der Waals surface area (Å²) in [4.78, 5) is 2.56.